The van der Waals surface area contributed by atoms with E-state index in [0.29, 0.717) is 23.4 Å². The number of nitrogens with zero attached hydrogens (tertiary/aromatic N) is 5. The first-order chi connectivity index (χ1) is 16.2. The Kier molecular flexibility index (Phi) is 4.95. The highest BCUT2D eigenvalue weighted by Gasteiger charge is 2.31. The Labute approximate surface area is 191 Å². The Morgan fingerprint density at radius 2 is 1.91 bits per heavy atom. The second kappa shape index (κ2) is 8.12. The molecule has 8 heteroatoms. The van der Waals surface area contributed by atoms with Crippen molar-refractivity contribution in [3.8, 4) is 11.5 Å². The van der Waals surface area contributed by atoms with Crippen molar-refractivity contribution in [2.24, 2.45) is 0 Å². The Morgan fingerprint density at radius 3 is 2.76 bits per heavy atom. The van der Waals surface area contributed by atoms with Crippen molar-refractivity contribution in [1.29, 1.82) is 0 Å². The van der Waals surface area contributed by atoms with E-state index in [4.69, 9.17) is 4.74 Å². The molecule has 1 fully saturated rings. The van der Waals surface area contributed by atoms with Gasteiger partial charge in [0.15, 0.2) is 5.82 Å². The van der Waals surface area contributed by atoms with Crippen molar-refractivity contribution in [3.63, 3.8) is 0 Å². The SMILES string of the molecule is CC1c2ccccc2CCN1c1nnc(-c2n[nH]c(=O)c3ccccc23)n1CC1CCCO1. The molecule has 2 unspecified atom stereocenters. The minimum atomic E-state index is -0.207. The highest BCUT2D eigenvalue weighted by Crippen LogP contribution is 2.35. The highest BCUT2D eigenvalue weighted by atomic mass is 16.5. The molecule has 2 aliphatic rings. The third-order valence-electron chi connectivity index (χ3n) is 6.90. The molecule has 0 radical (unpaired) electrons. The van der Waals surface area contributed by atoms with Gasteiger partial charge in [0, 0.05) is 18.5 Å². The van der Waals surface area contributed by atoms with Gasteiger partial charge in [0.25, 0.3) is 5.56 Å². The lowest BCUT2D eigenvalue weighted by Crippen LogP contribution is -2.36. The van der Waals surface area contributed by atoms with Crippen LogP contribution in [-0.2, 0) is 17.7 Å². The van der Waals surface area contributed by atoms with Crippen LogP contribution in [0.3, 0.4) is 0 Å². The zero-order chi connectivity index (χ0) is 22.4. The summed E-state index contributed by atoms with van der Waals surface area (Å²) in [7, 11) is 0. The molecule has 0 bridgehead atoms. The molecule has 2 aliphatic heterocycles. The fourth-order valence-corrected chi connectivity index (χ4v) is 5.17. The summed E-state index contributed by atoms with van der Waals surface area (Å²) in [5, 5.41) is 17.7. The van der Waals surface area contributed by atoms with E-state index in [1.165, 1.54) is 11.1 Å². The molecule has 0 spiro atoms. The van der Waals surface area contributed by atoms with E-state index in [9.17, 15) is 4.79 Å². The first kappa shape index (κ1) is 20.1. The molecule has 8 nitrogen and oxygen atoms in total. The second-order valence-electron chi connectivity index (χ2n) is 8.83. The molecule has 2 atom stereocenters. The number of rotatable bonds is 4. The number of hydrogen-bond donors (Lipinski definition) is 1. The molecule has 33 heavy (non-hydrogen) atoms. The first-order valence-electron chi connectivity index (χ1n) is 11.6. The molecule has 4 aromatic rings. The molecule has 0 saturated carbocycles. The lowest BCUT2D eigenvalue weighted by atomic mass is 9.94. The van der Waals surface area contributed by atoms with Crippen LogP contribution in [0.15, 0.2) is 53.3 Å². The van der Waals surface area contributed by atoms with Crippen LogP contribution in [0.4, 0.5) is 5.95 Å². The summed E-state index contributed by atoms with van der Waals surface area (Å²) in [6, 6.07) is 16.3. The topological polar surface area (TPSA) is 88.9 Å². The van der Waals surface area contributed by atoms with Crippen molar-refractivity contribution >= 4 is 16.7 Å². The monoisotopic (exact) mass is 442 g/mol. The highest BCUT2D eigenvalue weighted by molar-refractivity contribution is 5.92. The number of nitrogens with one attached hydrogen (secondary N) is 1. The van der Waals surface area contributed by atoms with Crippen molar-refractivity contribution in [1.82, 2.24) is 25.0 Å². The molecule has 1 saturated heterocycles. The zero-order valence-corrected chi connectivity index (χ0v) is 18.6. The third kappa shape index (κ3) is 3.41. The average molecular weight is 443 g/mol. The third-order valence-corrected chi connectivity index (χ3v) is 6.90. The quantitative estimate of drug-likeness (QED) is 0.521. The van der Waals surface area contributed by atoms with Crippen LogP contribution in [-0.4, -0.2) is 44.2 Å². The van der Waals surface area contributed by atoms with E-state index in [-0.39, 0.29) is 17.7 Å². The Balaban J connectivity index is 1.49. The van der Waals surface area contributed by atoms with Gasteiger partial charge in [-0.25, -0.2) is 5.10 Å². The number of benzene rings is 2. The van der Waals surface area contributed by atoms with E-state index >= 15 is 0 Å². The smallest absolute Gasteiger partial charge is 0.272 e. The first-order valence-corrected chi connectivity index (χ1v) is 11.6. The van der Waals surface area contributed by atoms with Gasteiger partial charge in [-0.2, -0.15) is 5.10 Å². The number of aromatic amines is 1. The molecule has 2 aromatic carbocycles. The summed E-state index contributed by atoms with van der Waals surface area (Å²) in [6.45, 7) is 4.51. The summed E-state index contributed by atoms with van der Waals surface area (Å²) < 4.78 is 8.11. The molecule has 2 aromatic heterocycles. The summed E-state index contributed by atoms with van der Waals surface area (Å²) >= 11 is 0. The van der Waals surface area contributed by atoms with Crippen LogP contribution in [0, 0.1) is 0 Å². The maximum absolute atomic E-state index is 12.3. The van der Waals surface area contributed by atoms with E-state index in [1.54, 1.807) is 0 Å². The van der Waals surface area contributed by atoms with Crippen molar-refractivity contribution in [2.75, 3.05) is 18.1 Å². The van der Waals surface area contributed by atoms with Crippen LogP contribution in [0.25, 0.3) is 22.3 Å². The van der Waals surface area contributed by atoms with Gasteiger partial charge < -0.3 is 9.64 Å². The molecular weight excluding hydrogens is 416 g/mol. The van der Waals surface area contributed by atoms with Crippen molar-refractivity contribution < 1.29 is 4.74 Å². The van der Waals surface area contributed by atoms with Crippen LogP contribution in [0.5, 0.6) is 0 Å². The summed E-state index contributed by atoms with van der Waals surface area (Å²) in [5.74, 6) is 1.47. The maximum Gasteiger partial charge on any atom is 0.272 e. The molecule has 1 N–H and O–H groups in total. The number of H-pyrrole nitrogens is 1. The summed E-state index contributed by atoms with van der Waals surface area (Å²) in [5.41, 5.74) is 3.14. The maximum atomic E-state index is 12.3. The number of anilines is 1. The van der Waals surface area contributed by atoms with Gasteiger partial charge in [-0.05, 0) is 43.4 Å². The molecule has 0 amide bonds. The van der Waals surface area contributed by atoms with Gasteiger partial charge in [0.2, 0.25) is 5.95 Å². The normalized spacial score (nSPS) is 20.3. The number of hydrogen-bond acceptors (Lipinski definition) is 6. The minimum Gasteiger partial charge on any atom is -0.376 e. The van der Waals surface area contributed by atoms with Gasteiger partial charge in [0.1, 0.15) is 5.69 Å². The molecule has 6 rings (SSSR count). The van der Waals surface area contributed by atoms with Crippen molar-refractivity contribution in [2.45, 2.75) is 44.9 Å². The van der Waals surface area contributed by atoms with Crippen LogP contribution in [0.2, 0.25) is 0 Å². The van der Waals surface area contributed by atoms with Gasteiger partial charge in [-0.1, -0.05) is 42.5 Å². The predicted molar refractivity (Wildman–Crippen MR) is 126 cm³/mol. The number of ether oxygens (including phenoxy) is 1. The lowest BCUT2D eigenvalue weighted by Gasteiger charge is -2.36. The van der Waals surface area contributed by atoms with Crippen LogP contribution in [0.1, 0.15) is 36.9 Å². The average Bonchev–Trinajstić information content (AvgIpc) is 3.51. The lowest BCUT2D eigenvalue weighted by molar-refractivity contribution is 0.0974. The molecular formula is C25H26N6O2. The van der Waals surface area contributed by atoms with E-state index in [0.717, 1.165) is 43.7 Å². The van der Waals surface area contributed by atoms with Crippen molar-refractivity contribution in [3.05, 3.63) is 70.0 Å². The summed E-state index contributed by atoms with van der Waals surface area (Å²) in [6.07, 6.45) is 3.14. The standard InChI is InChI=1S/C25H26N6O2/c1-16-19-9-3-2-7-17(19)12-13-30(16)25-29-27-23(31(25)15-18-8-6-14-33-18)22-20-10-4-5-11-21(20)24(32)28-26-22/h2-5,7,9-11,16,18H,6,8,12-15H2,1H3,(H,28,32). The second-order valence-corrected chi connectivity index (χ2v) is 8.83. The number of fused-ring (bicyclic) bond motifs is 2. The summed E-state index contributed by atoms with van der Waals surface area (Å²) in [4.78, 5) is 14.7. The largest absolute Gasteiger partial charge is 0.376 e. The molecule has 168 valence electrons. The minimum absolute atomic E-state index is 0.111. The fraction of sp³-hybridized carbons (Fsp3) is 0.360. The van der Waals surface area contributed by atoms with Crippen LogP contribution < -0.4 is 10.5 Å². The zero-order valence-electron chi connectivity index (χ0n) is 18.6. The van der Waals surface area contributed by atoms with E-state index < -0.39 is 0 Å². The fourth-order valence-electron chi connectivity index (χ4n) is 5.17. The van der Waals surface area contributed by atoms with Gasteiger partial charge in [-0.3, -0.25) is 9.36 Å². The Bertz CT molecular complexity index is 1370. The molecule has 4 heterocycles. The van der Waals surface area contributed by atoms with E-state index in [2.05, 4.69) is 61.1 Å². The Hall–Kier alpha value is -3.52. The number of aromatic nitrogens is 5. The van der Waals surface area contributed by atoms with Gasteiger partial charge in [-0.15, -0.1) is 10.2 Å². The molecule has 0 aliphatic carbocycles. The van der Waals surface area contributed by atoms with Gasteiger partial charge in [0.05, 0.1) is 24.1 Å². The van der Waals surface area contributed by atoms with E-state index in [1.807, 2.05) is 24.3 Å². The van der Waals surface area contributed by atoms with Crippen LogP contribution >= 0.6 is 0 Å². The predicted octanol–water partition coefficient (Wildman–Crippen LogP) is 3.48. The van der Waals surface area contributed by atoms with Gasteiger partial charge >= 0.3 is 0 Å². The Morgan fingerprint density at radius 1 is 1.09 bits per heavy atom.